The van der Waals surface area contributed by atoms with Crippen molar-refractivity contribution in [2.75, 3.05) is 6.54 Å². The third-order valence-corrected chi connectivity index (χ3v) is 5.91. The van der Waals surface area contributed by atoms with Crippen molar-refractivity contribution in [2.45, 2.75) is 51.2 Å². The van der Waals surface area contributed by atoms with Gasteiger partial charge in [0.25, 0.3) is 0 Å². The van der Waals surface area contributed by atoms with Gasteiger partial charge >= 0.3 is 0 Å². The molecule has 6 heteroatoms. The monoisotopic (exact) mass is 403 g/mol. The van der Waals surface area contributed by atoms with E-state index in [0.29, 0.717) is 24.7 Å². The number of benzene rings is 2. The molecule has 1 aromatic heterocycles. The van der Waals surface area contributed by atoms with Crippen LogP contribution in [-0.4, -0.2) is 33.6 Å². The van der Waals surface area contributed by atoms with E-state index in [1.807, 2.05) is 43.0 Å². The fourth-order valence-electron chi connectivity index (χ4n) is 4.53. The lowest BCUT2D eigenvalue weighted by Crippen LogP contribution is -2.28. The summed E-state index contributed by atoms with van der Waals surface area (Å²) in [6, 6.07) is 16.2. The van der Waals surface area contributed by atoms with Crippen LogP contribution in [-0.2, 0) is 11.2 Å². The Balaban J connectivity index is 1.31. The second-order valence-electron chi connectivity index (χ2n) is 8.35. The molecule has 2 aliphatic rings. The minimum atomic E-state index is -0.0601. The summed E-state index contributed by atoms with van der Waals surface area (Å²) in [7, 11) is 0. The second-order valence-corrected chi connectivity index (χ2v) is 8.35. The molecule has 3 aromatic rings. The SMILES string of the molecule is CC(C)Oc1ccc(-c2noc(C3CC(=O)N(C4CCc5ccccc54)C3)n2)cc1. The van der Waals surface area contributed by atoms with Crippen LogP contribution in [0.2, 0.25) is 0 Å². The molecule has 1 aliphatic heterocycles. The van der Waals surface area contributed by atoms with Crippen LogP contribution in [0.1, 0.15) is 55.7 Å². The number of hydrogen-bond donors (Lipinski definition) is 0. The van der Waals surface area contributed by atoms with E-state index in [9.17, 15) is 4.79 Å². The zero-order chi connectivity index (χ0) is 20.7. The lowest BCUT2D eigenvalue weighted by molar-refractivity contribution is -0.129. The number of ether oxygens (including phenoxy) is 1. The largest absolute Gasteiger partial charge is 0.491 e. The molecule has 0 spiro atoms. The van der Waals surface area contributed by atoms with Crippen molar-refractivity contribution in [1.82, 2.24) is 15.0 Å². The van der Waals surface area contributed by atoms with Gasteiger partial charge in [-0.1, -0.05) is 29.4 Å². The zero-order valence-electron chi connectivity index (χ0n) is 17.2. The minimum absolute atomic E-state index is 0.0601. The predicted octanol–water partition coefficient (Wildman–Crippen LogP) is 4.53. The van der Waals surface area contributed by atoms with E-state index in [4.69, 9.17) is 9.26 Å². The summed E-state index contributed by atoms with van der Waals surface area (Å²) < 4.78 is 11.2. The molecule has 2 atom stereocenters. The van der Waals surface area contributed by atoms with Crippen molar-refractivity contribution in [3.05, 3.63) is 65.5 Å². The van der Waals surface area contributed by atoms with Crippen molar-refractivity contribution in [1.29, 1.82) is 0 Å². The molecule has 0 N–H and O–H groups in total. The van der Waals surface area contributed by atoms with Crippen LogP contribution in [0.15, 0.2) is 53.1 Å². The van der Waals surface area contributed by atoms with Crippen LogP contribution in [0.5, 0.6) is 5.75 Å². The van der Waals surface area contributed by atoms with Gasteiger partial charge in [-0.15, -0.1) is 0 Å². The fraction of sp³-hybridized carbons (Fsp3) is 0.375. The molecule has 2 aromatic carbocycles. The molecule has 5 rings (SSSR count). The Morgan fingerprint density at radius 3 is 2.73 bits per heavy atom. The van der Waals surface area contributed by atoms with Gasteiger partial charge in [0, 0.05) is 18.5 Å². The molecule has 6 nitrogen and oxygen atoms in total. The number of nitrogens with zero attached hydrogens (tertiary/aromatic N) is 3. The maximum absolute atomic E-state index is 12.8. The molecule has 1 fully saturated rings. The third kappa shape index (κ3) is 3.47. The first-order chi connectivity index (χ1) is 14.6. The summed E-state index contributed by atoms with van der Waals surface area (Å²) in [6.45, 7) is 4.62. The van der Waals surface area contributed by atoms with E-state index in [1.165, 1.54) is 11.1 Å². The van der Waals surface area contributed by atoms with E-state index in [1.54, 1.807) is 0 Å². The van der Waals surface area contributed by atoms with Gasteiger partial charge in [-0.2, -0.15) is 4.98 Å². The van der Waals surface area contributed by atoms with Crippen LogP contribution in [0.4, 0.5) is 0 Å². The van der Waals surface area contributed by atoms with Crippen LogP contribution >= 0.6 is 0 Å². The standard InChI is InChI=1S/C24H25N3O3/c1-15(2)29-19-10-7-17(8-11-19)23-25-24(30-26-23)18-13-22(28)27(14-18)21-12-9-16-5-3-4-6-20(16)21/h3-8,10-11,15,18,21H,9,12-14H2,1-2H3. The maximum atomic E-state index is 12.8. The van der Waals surface area contributed by atoms with Crippen LogP contribution in [0.25, 0.3) is 11.4 Å². The number of aromatic nitrogens is 2. The second kappa shape index (κ2) is 7.59. The molecule has 2 heterocycles. The van der Waals surface area contributed by atoms with E-state index < -0.39 is 0 Å². The summed E-state index contributed by atoms with van der Waals surface area (Å²) in [6.07, 6.45) is 2.55. The van der Waals surface area contributed by atoms with Gasteiger partial charge in [0.2, 0.25) is 17.6 Å². The molecule has 154 valence electrons. The lowest BCUT2D eigenvalue weighted by atomic mass is 10.1. The van der Waals surface area contributed by atoms with Gasteiger partial charge in [0.15, 0.2) is 0 Å². The number of carbonyl (C=O) groups excluding carboxylic acids is 1. The van der Waals surface area contributed by atoms with E-state index in [0.717, 1.165) is 24.2 Å². The first-order valence-electron chi connectivity index (χ1n) is 10.6. The molecule has 1 amide bonds. The number of fused-ring (bicyclic) bond motifs is 1. The molecule has 1 saturated heterocycles. The predicted molar refractivity (Wildman–Crippen MR) is 112 cm³/mol. The normalized spacial score (nSPS) is 20.8. The van der Waals surface area contributed by atoms with Crippen molar-refractivity contribution in [2.24, 2.45) is 0 Å². The van der Waals surface area contributed by atoms with E-state index in [-0.39, 0.29) is 24.0 Å². The molecule has 30 heavy (non-hydrogen) atoms. The fourth-order valence-corrected chi connectivity index (χ4v) is 4.53. The summed E-state index contributed by atoms with van der Waals surface area (Å²) >= 11 is 0. The quantitative estimate of drug-likeness (QED) is 0.626. The first kappa shape index (κ1) is 18.9. The summed E-state index contributed by atoms with van der Waals surface area (Å²) in [4.78, 5) is 19.4. The van der Waals surface area contributed by atoms with Gasteiger partial charge in [0.05, 0.1) is 18.1 Å². The number of likely N-dealkylation sites (tertiary alicyclic amines) is 1. The highest BCUT2D eigenvalue weighted by Gasteiger charge is 2.40. The van der Waals surface area contributed by atoms with Gasteiger partial charge < -0.3 is 14.2 Å². The maximum Gasteiger partial charge on any atom is 0.232 e. The van der Waals surface area contributed by atoms with Crippen LogP contribution < -0.4 is 4.74 Å². The van der Waals surface area contributed by atoms with Crippen molar-refractivity contribution in [3.63, 3.8) is 0 Å². The highest BCUT2D eigenvalue weighted by Crippen LogP contribution is 2.40. The molecular weight excluding hydrogens is 378 g/mol. The molecule has 0 radical (unpaired) electrons. The topological polar surface area (TPSA) is 68.5 Å². The van der Waals surface area contributed by atoms with E-state index in [2.05, 4.69) is 34.4 Å². The minimum Gasteiger partial charge on any atom is -0.491 e. The number of amides is 1. The van der Waals surface area contributed by atoms with Gasteiger partial charge in [-0.05, 0) is 62.1 Å². The number of hydrogen-bond acceptors (Lipinski definition) is 5. The van der Waals surface area contributed by atoms with Crippen LogP contribution in [0.3, 0.4) is 0 Å². The van der Waals surface area contributed by atoms with Crippen molar-refractivity contribution in [3.8, 4) is 17.1 Å². The van der Waals surface area contributed by atoms with Crippen LogP contribution in [0, 0.1) is 0 Å². The summed E-state index contributed by atoms with van der Waals surface area (Å²) in [5.41, 5.74) is 3.50. The molecule has 1 aliphatic carbocycles. The molecule has 2 unspecified atom stereocenters. The number of carbonyl (C=O) groups is 1. The summed E-state index contributed by atoms with van der Waals surface area (Å²) in [5.74, 6) is 1.99. The highest BCUT2D eigenvalue weighted by molar-refractivity contribution is 5.80. The molecule has 0 bridgehead atoms. The Morgan fingerprint density at radius 1 is 1.13 bits per heavy atom. The smallest absolute Gasteiger partial charge is 0.232 e. The zero-order valence-corrected chi connectivity index (χ0v) is 17.2. The van der Waals surface area contributed by atoms with Gasteiger partial charge in [-0.3, -0.25) is 4.79 Å². The average molecular weight is 403 g/mol. The Bertz CT molecular complexity index is 1060. The number of rotatable bonds is 5. The van der Waals surface area contributed by atoms with Crippen molar-refractivity contribution >= 4 is 5.91 Å². The Morgan fingerprint density at radius 2 is 1.93 bits per heavy atom. The Hall–Kier alpha value is -3.15. The third-order valence-electron chi connectivity index (χ3n) is 5.91. The van der Waals surface area contributed by atoms with E-state index >= 15 is 0 Å². The van der Waals surface area contributed by atoms with Gasteiger partial charge in [-0.25, -0.2) is 0 Å². The first-order valence-corrected chi connectivity index (χ1v) is 10.6. The Kier molecular flexibility index (Phi) is 4.77. The number of aryl methyl sites for hydroxylation is 1. The van der Waals surface area contributed by atoms with Gasteiger partial charge in [0.1, 0.15) is 5.75 Å². The molecule has 0 saturated carbocycles. The lowest BCUT2D eigenvalue weighted by Gasteiger charge is -2.25. The van der Waals surface area contributed by atoms with Crippen molar-refractivity contribution < 1.29 is 14.1 Å². The average Bonchev–Trinajstić information content (AvgIpc) is 3.46. The molecular formula is C24H25N3O3. The Labute approximate surface area is 175 Å². The highest BCUT2D eigenvalue weighted by atomic mass is 16.5. The summed E-state index contributed by atoms with van der Waals surface area (Å²) in [5, 5.41) is 4.15.